The van der Waals surface area contributed by atoms with Crippen molar-refractivity contribution in [1.82, 2.24) is 19.9 Å². The zero-order chi connectivity index (χ0) is 41.7. The third kappa shape index (κ3) is 7.29. The molecule has 12 heteroatoms. The Morgan fingerprint density at radius 2 is 0.583 bits per heavy atom. The van der Waals surface area contributed by atoms with Gasteiger partial charge in [-0.05, 0) is 183 Å². The van der Waals surface area contributed by atoms with Gasteiger partial charge in [-0.15, -0.1) is 0 Å². The summed E-state index contributed by atoms with van der Waals surface area (Å²) in [5, 5.41) is 0. The zero-order valence-electron chi connectivity index (χ0n) is 32.6. The van der Waals surface area contributed by atoms with E-state index in [0.29, 0.717) is 0 Å². The Morgan fingerprint density at radius 1 is 0.350 bits per heavy atom. The van der Waals surface area contributed by atoms with Crippen molar-refractivity contribution < 1.29 is 18.9 Å². The van der Waals surface area contributed by atoms with Gasteiger partial charge in [0.25, 0.3) is 0 Å². The molecule has 0 fully saturated rings. The van der Waals surface area contributed by atoms with Crippen LogP contribution >= 0.6 is 63.7 Å². The van der Waals surface area contributed by atoms with Crippen LogP contribution in [0.4, 0.5) is 0 Å². The molecule has 0 spiro atoms. The molecule has 2 N–H and O–H groups in total. The Morgan fingerprint density at radius 3 is 0.783 bits per heavy atom. The molecule has 298 valence electrons. The van der Waals surface area contributed by atoms with E-state index in [4.69, 9.17) is 28.9 Å². The monoisotopic (exact) mass is 1050 g/mol. The first kappa shape index (κ1) is 40.0. The molecule has 2 aliphatic heterocycles. The fourth-order valence-corrected chi connectivity index (χ4v) is 9.87. The van der Waals surface area contributed by atoms with Crippen molar-refractivity contribution in [2.75, 3.05) is 28.4 Å². The number of rotatable bonds is 8. The molecule has 7 aromatic rings. The number of H-pyrrole nitrogens is 2. The maximum absolute atomic E-state index is 5.63. The molecule has 8 nitrogen and oxygen atoms in total. The highest BCUT2D eigenvalue weighted by Crippen LogP contribution is 2.42. The standard InChI is InChI=1S/C48H34Br4N4O4/c1-57-41-17-5-25(21-29(41)49)45-33-9-11-35(53-33)46(26-6-18-42(58-2)30(50)22-26)37-13-15-39(55-37)48(28-8-20-44(60-4)32(52)24-28)40-16-14-38(56-40)47(36-12-10-34(45)54-36)27-7-19-43(59-3)31(51)23-27/h5-24,53,56H,1-4H3. The highest BCUT2D eigenvalue weighted by atomic mass is 79.9. The SMILES string of the molecule is COc1ccc(-c2c3nc(c(-c4ccc(OC)c(Br)c4)c4ccc([nH]4)c(-c4ccc(OC)c(Br)c4)c4nc(c(-c5ccc(OC)c(Br)c5)c5ccc2[nH]5)C=C4)C=C3)cc1Br. The number of ether oxygens (including phenoxy) is 4. The average Bonchev–Trinajstić information content (AvgIpc) is 4.09. The van der Waals surface area contributed by atoms with E-state index in [0.717, 1.165) is 130 Å². The Labute approximate surface area is 379 Å². The van der Waals surface area contributed by atoms with E-state index in [1.54, 1.807) is 28.4 Å². The van der Waals surface area contributed by atoms with Crippen LogP contribution in [0.3, 0.4) is 0 Å². The molecule has 2 aliphatic rings. The van der Waals surface area contributed by atoms with E-state index in [-0.39, 0.29) is 0 Å². The molecule has 0 amide bonds. The number of fused-ring (bicyclic) bond motifs is 8. The minimum Gasteiger partial charge on any atom is -0.496 e. The summed E-state index contributed by atoms with van der Waals surface area (Å²) in [6.07, 6.45) is 8.30. The van der Waals surface area contributed by atoms with Gasteiger partial charge in [0.1, 0.15) is 23.0 Å². The molecule has 5 heterocycles. The Balaban J connectivity index is 1.46. The molecule has 0 saturated heterocycles. The van der Waals surface area contributed by atoms with Crippen molar-refractivity contribution in [2.24, 2.45) is 0 Å². The first-order valence-electron chi connectivity index (χ1n) is 18.7. The average molecular weight is 1050 g/mol. The van der Waals surface area contributed by atoms with Crippen LogP contribution in [0.5, 0.6) is 23.0 Å². The molecule has 3 aromatic heterocycles. The highest BCUT2D eigenvalue weighted by molar-refractivity contribution is 9.11. The predicted octanol–water partition coefficient (Wildman–Crippen LogP) is 14.4. The topological polar surface area (TPSA) is 94.3 Å². The highest BCUT2D eigenvalue weighted by Gasteiger charge is 2.21. The molecule has 9 rings (SSSR count). The van der Waals surface area contributed by atoms with E-state index in [1.165, 1.54) is 0 Å². The normalized spacial score (nSPS) is 11.9. The lowest BCUT2D eigenvalue weighted by Crippen LogP contribution is -1.91. The van der Waals surface area contributed by atoms with Crippen LogP contribution in [-0.4, -0.2) is 48.4 Å². The fourth-order valence-electron chi connectivity index (χ4n) is 7.71. The second kappa shape index (κ2) is 16.6. The van der Waals surface area contributed by atoms with Crippen LogP contribution in [0.25, 0.3) is 90.9 Å². The Hall–Kier alpha value is -5.40. The number of methoxy groups -OCH3 is 4. The van der Waals surface area contributed by atoms with Crippen molar-refractivity contribution in [3.05, 3.63) is 138 Å². The minimum absolute atomic E-state index is 0.732. The number of nitrogens with one attached hydrogen (secondary N) is 2. The van der Waals surface area contributed by atoms with Gasteiger partial charge in [-0.3, -0.25) is 0 Å². The van der Waals surface area contributed by atoms with Crippen LogP contribution in [-0.2, 0) is 0 Å². The van der Waals surface area contributed by atoms with Crippen LogP contribution in [0.15, 0.2) is 115 Å². The van der Waals surface area contributed by atoms with E-state index >= 15 is 0 Å². The number of halogens is 4. The molecular weight excluding hydrogens is 1020 g/mol. The Bertz CT molecular complexity index is 2710. The number of benzene rings is 4. The van der Waals surface area contributed by atoms with E-state index in [2.05, 4.69) is 171 Å². The number of aromatic amines is 2. The molecular formula is C48H34Br4N4O4. The maximum atomic E-state index is 5.63. The summed E-state index contributed by atoms with van der Waals surface area (Å²) in [6, 6.07) is 32.7. The van der Waals surface area contributed by atoms with Crippen LogP contribution in [0.2, 0.25) is 0 Å². The van der Waals surface area contributed by atoms with Crippen molar-refractivity contribution in [1.29, 1.82) is 0 Å². The van der Waals surface area contributed by atoms with Crippen molar-refractivity contribution in [3.8, 4) is 67.5 Å². The van der Waals surface area contributed by atoms with Crippen molar-refractivity contribution in [3.63, 3.8) is 0 Å². The molecule has 0 saturated carbocycles. The third-order valence-electron chi connectivity index (χ3n) is 10.5. The van der Waals surface area contributed by atoms with Crippen LogP contribution < -0.4 is 18.9 Å². The number of aromatic nitrogens is 4. The molecule has 8 bridgehead atoms. The summed E-state index contributed by atoms with van der Waals surface area (Å²) in [4.78, 5) is 18.5. The molecule has 60 heavy (non-hydrogen) atoms. The van der Waals surface area contributed by atoms with Gasteiger partial charge in [0, 0.05) is 44.3 Å². The largest absolute Gasteiger partial charge is 0.496 e. The summed E-state index contributed by atoms with van der Waals surface area (Å²) < 4.78 is 25.8. The molecule has 4 aromatic carbocycles. The third-order valence-corrected chi connectivity index (χ3v) is 13.0. The van der Waals surface area contributed by atoms with E-state index < -0.39 is 0 Å². The quantitative estimate of drug-likeness (QED) is 0.157. The molecule has 0 atom stereocenters. The van der Waals surface area contributed by atoms with Crippen molar-refractivity contribution >= 4 is 110 Å². The summed E-state index contributed by atoms with van der Waals surface area (Å²) in [5.74, 6) is 2.93. The lowest BCUT2D eigenvalue weighted by atomic mass is 10.0. The lowest BCUT2D eigenvalue weighted by molar-refractivity contribution is 0.412. The molecule has 0 unspecified atom stereocenters. The predicted molar refractivity (Wildman–Crippen MR) is 258 cm³/mol. The number of hydrogen-bond acceptors (Lipinski definition) is 6. The summed E-state index contributed by atoms with van der Waals surface area (Å²) in [5.41, 5.74) is 14.1. The first-order valence-corrected chi connectivity index (χ1v) is 21.9. The van der Waals surface area contributed by atoms with Gasteiger partial charge >= 0.3 is 0 Å². The van der Waals surface area contributed by atoms with Gasteiger partial charge in [0.15, 0.2) is 0 Å². The van der Waals surface area contributed by atoms with Crippen LogP contribution in [0, 0.1) is 0 Å². The van der Waals surface area contributed by atoms with Gasteiger partial charge in [-0.1, -0.05) is 24.3 Å². The summed E-state index contributed by atoms with van der Waals surface area (Å²) in [6.45, 7) is 0. The summed E-state index contributed by atoms with van der Waals surface area (Å²) >= 11 is 15.0. The minimum atomic E-state index is 0.732. The van der Waals surface area contributed by atoms with Gasteiger partial charge in [-0.2, -0.15) is 0 Å². The van der Waals surface area contributed by atoms with Gasteiger partial charge < -0.3 is 28.9 Å². The van der Waals surface area contributed by atoms with E-state index in [1.807, 2.05) is 24.3 Å². The second-order valence-corrected chi connectivity index (χ2v) is 17.3. The van der Waals surface area contributed by atoms with Crippen LogP contribution in [0.1, 0.15) is 22.8 Å². The lowest BCUT2D eigenvalue weighted by Gasteiger charge is -2.10. The molecule has 0 aliphatic carbocycles. The van der Waals surface area contributed by atoms with Gasteiger partial charge in [0.05, 0.1) is 69.1 Å². The Kier molecular flexibility index (Phi) is 11.1. The van der Waals surface area contributed by atoms with Gasteiger partial charge in [0.2, 0.25) is 0 Å². The molecule has 0 radical (unpaired) electrons. The number of hydrogen-bond donors (Lipinski definition) is 2. The van der Waals surface area contributed by atoms with E-state index in [9.17, 15) is 0 Å². The fraction of sp³-hybridized carbons (Fsp3) is 0.0833. The first-order chi connectivity index (χ1) is 29.2. The maximum Gasteiger partial charge on any atom is 0.133 e. The zero-order valence-corrected chi connectivity index (χ0v) is 38.9. The second-order valence-electron chi connectivity index (χ2n) is 13.9. The smallest absolute Gasteiger partial charge is 0.133 e. The number of nitrogens with zero attached hydrogens (tertiary/aromatic N) is 2. The van der Waals surface area contributed by atoms with Crippen molar-refractivity contribution in [2.45, 2.75) is 0 Å². The summed E-state index contributed by atoms with van der Waals surface area (Å²) in [7, 11) is 6.65. The van der Waals surface area contributed by atoms with Gasteiger partial charge in [-0.25, -0.2) is 9.97 Å².